The molecule has 0 aliphatic carbocycles. The number of hydrogen-bond acceptors (Lipinski definition) is 6. The minimum absolute atomic E-state index is 0.122. The molecule has 9 nitrogen and oxygen atoms in total. The van der Waals surface area contributed by atoms with E-state index in [0.717, 1.165) is 17.5 Å². The number of hydrogen-bond donors (Lipinski definition) is 2. The Bertz CT molecular complexity index is 712. The Morgan fingerprint density at radius 1 is 1.27 bits per heavy atom. The zero-order chi connectivity index (χ0) is 16.3. The van der Waals surface area contributed by atoms with Gasteiger partial charge in [0.15, 0.2) is 0 Å². The summed E-state index contributed by atoms with van der Waals surface area (Å²) in [4.78, 5) is 20.5. The van der Waals surface area contributed by atoms with Crippen molar-refractivity contribution in [2.45, 2.75) is 26.3 Å². The zero-order valence-corrected chi connectivity index (χ0v) is 12.1. The van der Waals surface area contributed by atoms with Crippen LogP contribution in [0, 0.1) is 27.2 Å². The Labute approximate surface area is 125 Å². The maximum Gasteiger partial charge on any atom is 0.299 e. The van der Waals surface area contributed by atoms with Gasteiger partial charge in [0.25, 0.3) is 11.4 Å². The van der Waals surface area contributed by atoms with Crippen LogP contribution in [0.15, 0.2) is 24.3 Å². The highest BCUT2D eigenvalue weighted by molar-refractivity contribution is 5.65. The fourth-order valence-corrected chi connectivity index (χ4v) is 2.12. The van der Waals surface area contributed by atoms with E-state index in [9.17, 15) is 20.2 Å². The first-order valence-corrected chi connectivity index (χ1v) is 6.57. The first kappa shape index (κ1) is 15.4. The molecule has 1 atom stereocenters. The van der Waals surface area contributed by atoms with Crippen molar-refractivity contribution in [3.8, 4) is 0 Å². The Kier molecular flexibility index (Phi) is 4.35. The number of anilines is 1. The fourth-order valence-electron chi connectivity index (χ4n) is 2.12. The molecule has 0 radical (unpaired) electrons. The molecular formula is C13H15N5O4. The van der Waals surface area contributed by atoms with Crippen LogP contribution in [-0.2, 0) is 6.42 Å². The number of rotatable bonds is 6. The number of nitrogens with zero attached hydrogens (tertiary/aromatic N) is 3. The van der Waals surface area contributed by atoms with Crippen molar-refractivity contribution in [3.05, 3.63) is 55.9 Å². The largest absolute Gasteiger partial charge is 0.377 e. The predicted molar refractivity (Wildman–Crippen MR) is 79.9 cm³/mol. The van der Waals surface area contributed by atoms with Crippen molar-refractivity contribution in [3.63, 3.8) is 0 Å². The van der Waals surface area contributed by atoms with Crippen molar-refractivity contribution < 1.29 is 9.85 Å². The smallest absolute Gasteiger partial charge is 0.299 e. The Balaban J connectivity index is 2.17. The predicted octanol–water partition coefficient (Wildman–Crippen LogP) is 2.58. The van der Waals surface area contributed by atoms with E-state index in [1.165, 1.54) is 12.1 Å². The van der Waals surface area contributed by atoms with E-state index in [0.29, 0.717) is 6.42 Å². The second kappa shape index (κ2) is 6.20. The molecule has 0 saturated heterocycles. The number of non-ortho nitro benzene ring substituents is 1. The Morgan fingerprint density at radius 2 is 2.00 bits per heavy atom. The molecule has 1 heterocycles. The van der Waals surface area contributed by atoms with Crippen LogP contribution in [0.5, 0.6) is 0 Å². The molecule has 2 N–H and O–H groups in total. The van der Waals surface area contributed by atoms with Gasteiger partial charge in [0, 0.05) is 24.2 Å². The molecule has 0 aliphatic heterocycles. The van der Waals surface area contributed by atoms with E-state index in [2.05, 4.69) is 15.5 Å². The van der Waals surface area contributed by atoms with E-state index in [1.807, 2.05) is 19.9 Å². The molecule has 2 aromatic rings. The van der Waals surface area contributed by atoms with Gasteiger partial charge in [-0.05, 0) is 26.0 Å². The van der Waals surface area contributed by atoms with Crippen LogP contribution >= 0.6 is 0 Å². The highest BCUT2D eigenvalue weighted by atomic mass is 16.6. The van der Waals surface area contributed by atoms with Gasteiger partial charge in [-0.25, -0.2) is 0 Å². The highest BCUT2D eigenvalue weighted by Gasteiger charge is 2.20. The number of nitro groups is 2. The number of H-pyrrole nitrogens is 1. The summed E-state index contributed by atoms with van der Waals surface area (Å²) in [5.41, 5.74) is 1.38. The topological polar surface area (TPSA) is 127 Å². The normalized spacial score (nSPS) is 11.9. The molecule has 1 aromatic heterocycles. The first-order valence-electron chi connectivity index (χ1n) is 6.57. The van der Waals surface area contributed by atoms with Gasteiger partial charge in [-0.2, -0.15) is 5.10 Å². The average molecular weight is 305 g/mol. The summed E-state index contributed by atoms with van der Waals surface area (Å²) in [6, 6.07) is 5.31. The number of aromatic amines is 1. The lowest BCUT2D eigenvalue weighted by atomic mass is 10.1. The van der Waals surface area contributed by atoms with Crippen LogP contribution in [0.3, 0.4) is 0 Å². The van der Waals surface area contributed by atoms with E-state index in [4.69, 9.17) is 0 Å². The zero-order valence-electron chi connectivity index (χ0n) is 12.1. The van der Waals surface area contributed by atoms with Crippen LogP contribution in [0.1, 0.15) is 18.3 Å². The van der Waals surface area contributed by atoms with E-state index in [1.54, 1.807) is 0 Å². The first-order chi connectivity index (χ1) is 10.4. The molecule has 116 valence electrons. The number of nitrogens with one attached hydrogen (secondary N) is 2. The molecule has 0 spiro atoms. The number of benzene rings is 1. The van der Waals surface area contributed by atoms with Gasteiger partial charge >= 0.3 is 0 Å². The molecule has 1 aromatic carbocycles. The standard InChI is InChI=1S/C13H15N5O4/c1-8(5-10-6-9(2)15-16-10)14-12-4-3-11(17(19)20)7-13(12)18(21)22/h3-4,6-8,14H,5H2,1-2H3,(H,15,16). The molecule has 1 unspecified atom stereocenters. The molecule has 0 amide bonds. The lowest BCUT2D eigenvalue weighted by Gasteiger charge is -2.14. The van der Waals surface area contributed by atoms with E-state index < -0.39 is 9.85 Å². The number of nitro benzene ring substituents is 2. The summed E-state index contributed by atoms with van der Waals surface area (Å²) in [7, 11) is 0. The van der Waals surface area contributed by atoms with Crippen molar-refractivity contribution in [1.29, 1.82) is 0 Å². The fraction of sp³-hybridized carbons (Fsp3) is 0.308. The van der Waals surface area contributed by atoms with Crippen molar-refractivity contribution in [2.75, 3.05) is 5.32 Å². The molecular weight excluding hydrogens is 290 g/mol. The summed E-state index contributed by atoms with van der Waals surface area (Å²) in [5, 5.41) is 31.7. The third-order valence-electron chi connectivity index (χ3n) is 3.07. The van der Waals surface area contributed by atoms with Crippen LogP contribution < -0.4 is 5.32 Å². The van der Waals surface area contributed by atoms with Crippen molar-refractivity contribution >= 4 is 17.1 Å². The minimum Gasteiger partial charge on any atom is -0.377 e. The van der Waals surface area contributed by atoms with Crippen molar-refractivity contribution in [1.82, 2.24) is 10.2 Å². The summed E-state index contributed by atoms with van der Waals surface area (Å²) in [6.45, 7) is 3.74. The highest BCUT2D eigenvalue weighted by Crippen LogP contribution is 2.29. The molecule has 9 heteroatoms. The third kappa shape index (κ3) is 3.57. The van der Waals surface area contributed by atoms with Gasteiger partial charge in [-0.1, -0.05) is 0 Å². The van der Waals surface area contributed by atoms with Gasteiger partial charge in [0.05, 0.1) is 21.6 Å². The lowest BCUT2D eigenvalue weighted by Crippen LogP contribution is -2.19. The van der Waals surface area contributed by atoms with E-state index >= 15 is 0 Å². The van der Waals surface area contributed by atoms with Gasteiger partial charge in [0.1, 0.15) is 5.69 Å². The minimum atomic E-state index is -0.660. The molecule has 0 saturated carbocycles. The summed E-state index contributed by atoms with van der Waals surface area (Å²) >= 11 is 0. The second-order valence-electron chi connectivity index (χ2n) is 5.01. The van der Waals surface area contributed by atoms with Gasteiger partial charge in [-0.3, -0.25) is 25.3 Å². The van der Waals surface area contributed by atoms with Crippen LogP contribution in [0.25, 0.3) is 0 Å². The Morgan fingerprint density at radius 3 is 2.55 bits per heavy atom. The van der Waals surface area contributed by atoms with Gasteiger partial charge in [-0.15, -0.1) is 0 Å². The molecule has 0 bridgehead atoms. The van der Waals surface area contributed by atoms with E-state index in [-0.39, 0.29) is 23.1 Å². The maximum atomic E-state index is 11.1. The number of aryl methyl sites for hydroxylation is 1. The third-order valence-corrected chi connectivity index (χ3v) is 3.07. The number of aromatic nitrogens is 2. The molecule has 22 heavy (non-hydrogen) atoms. The average Bonchev–Trinajstić information content (AvgIpc) is 2.83. The van der Waals surface area contributed by atoms with Crippen LogP contribution in [0.2, 0.25) is 0 Å². The lowest BCUT2D eigenvalue weighted by molar-refractivity contribution is -0.393. The van der Waals surface area contributed by atoms with Crippen LogP contribution in [0.4, 0.5) is 17.1 Å². The Hall–Kier alpha value is -2.97. The second-order valence-corrected chi connectivity index (χ2v) is 5.01. The quantitative estimate of drug-likeness (QED) is 0.623. The SMILES string of the molecule is Cc1cc(CC(C)Nc2ccc([N+](=O)[O-])cc2[N+](=O)[O-])n[nH]1. The van der Waals surface area contributed by atoms with Gasteiger partial charge < -0.3 is 5.32 Å². The molecule has 0 fully saturated rings. The summed E-state index contributed by atoms with van der Waals surface area (Å²) < 4.78 is 0. The van der Waals surface area contributed by atoms with Crippen LogP contribution in [-0.4, -0.2) is 26.1 Å². The summed E-state index contributed by atoms with van der Waals surface area (Å²) in [6.07, 6.45) is 0.568. The maximum absolute atomic E-state index is 11.1. The van der Waals surface area contributed by atoms with Gasteiger partial charge in [0.2, 0.25) is 0 Å². The summed E-state index contributed by atoms with van der Waals surface area (Å²) in [5.74, 6) is 0. The molecule has 0 aliphatic rings. The van der Waals surface area contributed by atoms with Crippen molar-refractivity contribution in [2.24, 2.45) is 0 Å². The molecule has 2 rings (SSSR count). The monoisotopic (exact) mass is 305 g/mol.